The molecule has 1 atom stereocenters. The standard InChI is InChI=1S/C10H9NOS/c12-9-7-3-1-2-4-8(7)10-11(9)5-6-13-10/h1-4,10H,5-6H2. The largest absolute Gasteiger partial charge is 0.322 e. The molecule has 1 unspecified atom stereocenters. The number of thioether (sulfide) groups is 1. The summed E-state index contributed by atoms with van der Waals surface area (Å²) in [6.45, 7) is 0.906. The molecule has 1 saturated heterocycles. The maximum absolute atomic E-state index is 11.8. The van der Waals surface area contributed by atoms with Crippen LogP contribution in [0.25, 0.3) is 0 Å². The Morgan fingerprint density at radius 1 is 1.38 bits per heavy atom. The minimum Gasteiger partial charge on any atom is -0.322 e. The highest BCUT2D eigenvalue weighted by molar-refractivity contribution is 7.99. The zero-order chi connectivity index (χ0) is 8.84. The summed E-state index contributed by atoms with van der Waals surface area (Å²) in [5.41, 5.74) is 2.11. The lowest BCUT2D eigenvalue weighted by atomic mass is 10.1. The summed E-state index contributed by atoms with van der Waals surface area (Å²) in [6, 6.07) is 7.94. The number of amides is 1. The minimum absolute atomic E-state index is 0.214. The van der Waals surface area contributed by atoms with Crippen LogP contribution in [0.5, 0.6) is 0 Å². The highest BCUT2D eigenvalue weighted by Gasteiger charge is 2.39. The molecule has 2 heterocycles. The summed E-state index contributed by atoms with van der Waals surface area (Å²) in [5.74, 6) is 1.29. The fraction of sp³-hybridized carbons (Fsp3) is 0.300. The Kier molecular flexibility index (Phi) is 1.44. The second-order valence-electron chi connectivity index (χ2n) is 3.31. The Hall–Kier alpha value is -0.960. The molecular formula is C10H9NOS. The van der Waals surface area contributed by atoms with E-state index in [1.165, 1.54) is 5.56 Å². The smallest absolute Gasteiger partial charge is 0.255 e. The van der Waals surface area contributed by atoms with Gasteiger partial charge in [0, 0.05) is 17.9 Å². The van der Waals surface area contributed by atoms with Crippen molar-refractivity contribution in [2.75, 3.05) is 12.3 Å². The van der Waals surface area contributed by atoms with E-state index in [1.54, 1.807) is 0 Å². The van der Waals surface area contributed by atoms with E-state index >= 15 is 0 Å². The van der Waals surface area contributed by atoms with Crippen LogP contribution in [0.15, 0.2) is 24.3 Å². The van der Waals surface area contributed by atoms with Gasteiger partial charge in [-0.05, 0) is 11.6 Å². The number of hydrogen-bond acceptors (Lipinski definition) is 2. The maximum atomic E-state index is 11.8. The van der Waals surface area contributed by atoms with Crippen LogP contribution in [0.1, 0.15) is 21.3 Å². The van der Waals surface area contributed by atoms with Crippen LogP contribution in [0, 0.1) is 0 Å². The van der Waals surface area contributed by atoms with Gasteiger partial charge in [-0.1, -0.05) is 18.2 Å². The van der Waals surface area contributed by atoms with Crippen LogP contribution in [-0.2, 0) is 0 Å². The van der Waals surface area contributed by atoms with Gasteiger partial charge in [0.1, 0.15) is 5.37 Å². The first-order valence-corrected chi connectivity index (χ1v) is 5.44. The first kappa shape index (κ1) is 7.44. The van der Waals surface area contributed by atoms with Gasteiger partial charge >= 0.3 is 0 Å². The zero-order valence-electron chi connectivity index (χ0n) is 7.06. The van der Waals surface area contributed by atoms with E-state index in [-0.39, 0.29) is 5.91 Å². The third-order valence-electron chi connectivity index (χ3n) is 2.61. The topological polar surface area (TPSA) is 20.3 Å². The molecule has 2 nitrogen and oxygen atoms in total. The molecule has 0 radical (unpaired) electrons. The Balaban J connectivity index is 2.19. The molecule has 1 fully saturated rings. The van der Waals surface area contributed by atoms with Gasteiger partial charge in [0.25, 0.3) is 5.91 Å². The zero-order valence-corrected chi connectivity index (χ0v) is 7.88. The predicted octanol–water partition coefficient (Wildman–Crippen LogP) is 1.89. The van der Waals surface area contributed by atoms with Gasteiger partial charge < -0.3 is 4.90 Å². The fourth-order valence-corrected chi connectivity index (χ4v) is 3.29. The molecule has 0 spiro atoms. The first-order chi connectivity index (χ1) is 6.38. The molecule has 66 valence electrons. The Morgan fingerprint density at radius 2 is 2.23 bits per heavy atom. The van der Waals surface area contributed by atoms with Gasteiger partial charge in [0.2, 0.25) is 0 Å². The van der Waals surface area contributed by atoms with Crippen LogP contribution in [0.4, 0.5) is 0 Å². The van der Waals surface area contributed by atoms with Crippen LogP contribution >= 0.6 is 11.8 Å². The van der Waals surface area contributed by atoms with Crippen molar-refractivity contribution >= 4 is 17.7 Å². The SMILES string of the molecule is O=C1c2ccccc2C2SCCN12. The number of carbonyl (C=O) groups excluding carboxylic acids is 1. The van der Waals surface area contributed by atoms with E-state index in [2.05, 4.69) is 6.07 Å². The maximum Gasteiger partial charge on any atom is 0.255 e. The average molecular weight is 191 g/mol. The van der Waals surface area contributed by atoms with Crippen molar-refractivity contribution in [3.8, 4) is 0 Å². The molecule has 1 aromatic carbocycles. The molecule has 0 N–H and O–H groups in total. The predicted molar refractivity (Wildman–Crippen MR) is 52.7 cm³/mol. The summed E-state index contributed by atoms with van der Waals surface area (Å²) >= 11 is 1.86. The second-order valence-corrected chi connectivity index (χ2v) is 4.50. The number of carbonyl (C=O) groups is 1. The van der Waals surface area contributed by atoms with Crippen molar-refractivity contribution in [1.29, 1.82) is 0 Å². The molecule has 13 heavy (non-hydrogen) atoms. The molecule has 2 aliphatic heterocycles. The number of fused-ring (bicyclic) bond motifs is 3. The second kappa shape index (κ2) is 2.51. The Bertz CT molecular complexity index is 377. The molecule has 0 saturated carbocycles. The molecular weight excluding hydrogens is 182 g/mol. The summed E-state index contributed by atoms with van der Waals surface area (Å²) in [5, 5.41) is 0.309. The molecule has 1 aromatic rings. The number of hydrogen-bond donors (Lipinski definition) is 0. The Morgan fingerprint density at radius 3 is 3.15 bits per heavy atom. The molecule has 3 heteroatoms. The van der Waals surface area contributed by atoms with Crippen LogP contribution in [0.3, 0.4) is 0 Å². The van der Waals surface area contributed by atoms with Crippen molar-refractivity contribution in [3.63, 3.8) is 0 Å². The molecule has 0 aliphatic carbocycles. The van der Waals surface area contributed by atoms with Gasteiger partial charge in [-0.15, -0.1) is 11.8 Å². The van der Waals surface area contributed by atoms with Crippen LogP contribution in [0.2, 0.25) is 0 Å². The summed E-state index contributed by atoms with van der Waals surface area (Å²) in [6.07, 6.45) is 0. The molecule has 0 bridgehead atoms. The minimum atomic E-state index is 0.214. The molecule has 0 aromatic heterocycles. The van der Waals surface area contributed by atoms with Crippen LogP contribution < -0.4 is 0 Å². The lowest BCUT2D eigenvalue weighted by Crippen LogP contribution is -2.22. The third-order valence-corrected chi connectivity index (χ3v) is 3.85. The quantitative estimate of drug-likeness (QED) is 0.624. The van der Waals surface area contributed by atoms with E-state index in [1.807, 2.05) is 34.9 Å². The van der Waals surface area contributed by atoms with Gasteiger partial charge in [0.15, 0.2) is 0 Å². The summed E-state index contributed by atoms with van der Waals surface area (Å²) in [4.78, 5) is 13.8. The number of nitrogens with zero attached hydrogens (tertiary/aromatic N) is 1. The third kappa shape index (κ3) is 0.879. The van der Waals surface area contributed by atoms with Gasteiger partial charge in [0.05, 0.1) is 0 Å². The van der Waals surface area contributed by atoms with E-state index in [0.717, 1.165) is 17.9 Å². The van der Waals surface area contributed by atoms with E-state index in [4.69, 9.17) is 0 Å². The van der Waals surface area contributed by atoms with Crippen LogP contribution in [-0.4, -0.2) is 23.1 Å². The van der Waals surface area contributed by atoms with E-state index in [0.29, 0.717) is 5.37 Å². The van der Waals surface area contributed by atoms with E-state index in [9.17, 15) is 4.79 Å². The lowest BCUT2D eigenvalue weighted by Gasteiger charge is -2.13. The highest BCUT2D eigenvalue weighted by Crippen LogP contribution is 2.44. The van der Waals surface area contributed by atoms with Gasteiger partial charge in [-0.3, -0.25) is 4.79 Å². The highest BCUT2D eigenvalue weighted by atomic mass is 32.2. The number of rotatable bonds is 0. The molecule has 2 aliphatic rings. The number of benzene rings is 1. The fourth-order valence-electron chi connectivity index (χ4n) is 2.00. The average Bonchev–Trinajstić information content (AvgIpc) is 2.72. The van der Waals surface area contributed by atoms with Crippen molar-refractivity contribution in [3.05, 3.63) is 35.4 Å². The van der Waals surface area contributed by atoms with Crippen molar-refractivity contribution in [2.24, 2.45) is 0 Å². The van der Waals surface area contributed by atoms with Crippen molar-refractivity contribution in [1.82, 2.24) is 4.90 Å². The van der Waals surface area contributed by atoms with Crippen molar-refractivity contribution in [2.45, 2.75) is 5.37 Å². The van der Waals surface area contributed by atoms with E-state index < -0.39 is 0 Å². The summed E-state index contributed by atoms with van der Waals surface area (Å²) < 4.78 is 0. The Labute approximate surface area is 80.9 Å². The van der Waals surface area contributed by atoms with Gasteiger partial charge in [-0.2, -0.15) is 0 Å². The van der Waals surface area contributed by atoms with Gasteiger partial charge in [-0.25, -0.2) is 0 Å². The summed E-state index contributed by atoms with van der Waals surface area (Å²) in [7, 11) is 0. The first-order valence-electron chi connectivity index (χ1n) is 4.39. The molecule has 1 amide bonds. The van der Waals surface area contributed by atoms with Crippen molar-refractivity contribution < 1.29 is 4.79 Å². The molecule has 3 rings (SSSR count). The monoisotopic (exact) mass is 191 g/mol. The normalized spacial score (nSPS) is 24.8. The lowest BCUT2D eigenvalue weighted by molar-refractivity contribution is 0.0794.